The fourth-order valence-corrected chi connectivity index (χ4v) is 2.96. The van der Waals surface area contributed by atoms with Crippen LogP contribution in [0, 0.1) is 6.92 Å². The van der Waals surface area contributed by atoms with E-state index in [0.29, 0.717) is 18.8 Å². The highest BCUT2D eigenvalue weighted by Crippen LogP contribution is 2.26. The van der Waals surface area contributed by atoms with Crippen LogP contribution in [-0.2, 0) is 4.79 Å². The van der Waals surface area contributed by atoms with Crippen LogP contribution in [0.25, 0.3) is 0 Å². The molecule has 1 aliphatic heterocycles. The predicted octanol–water partition coefficient (Wildman–Crippen LogP) is 2.75. The van der Waals surface area contributed by atoms with E-state index in [-0.39, 0.29) is 36.9 Å². The number of nitrogens with two attached hydrogens (primary N) is 1. The summed E-state index contributed by atoms with van der Waals surface area (Å²) in [7, 11) is 0. The van der Waals surface area contributed by atoms with E-state index in [1.807, 2.05) is 49.4 Å². The summed E-state index contributed by atoms with van der Waals surface area (Å²) in [5, 5.41) is 0. The molecule has 0 unspecified atom stereocenters. The van der Waals surface area contributed by atoms with Crippen molar-refractivity contribution in [1.82, 2.24) is 4.90 Å². The molecule has 1 amide bonds. The minimum Gasteiger partial charge on any atom is -0.484 e. The van der Waals surface area contributed by atoms with Crippen LogP contribution in [-0.4, -0.2) is 36.5 Å². The van der Waals surface area contributed by atoms with Crippen LogP contribution in [0.2, 0.25) is 0 Å². The number of hydrogen-bond acceptors (Lipinski definition) is 3. The van der Waals surface area contributed by atoms with E-state index in [9.17, 15) is 4.79 Å². The number of amides is 1. The topological polar surface area (TPSA) is 55.6 Å². The maximum absolute atomic E-state index is 12.4. The summed E-state index contributed by atoms with van der Waals surface area (Å²) in [5.74, 6) is 0.894. The SMILES string of the molecule is Cc1ccc(OCC(=O)N2C[C@@H](N)[C@H](c3ccccc3)C2)cc1.Cl. The van der Waals surface area contributed by atoms with Gasteiger partial charge in [-0.2, -0.15) is 0 Å². The highest BCUT2D eigenvalue weighted by molar-refractivity contribution is 5.85. The van der Waals surface area contributed by atoms with Gasteiger partial charge in [0, 0.05) is 25.0 Å². The van der Waals surface area contributed by atoms with E-state index < -0.39 is 0 Å². The van der Waals surface area contributed by atoms with Crippen LogP contribution < -0.4 is 10.5 Å². The molecular weight excluding hydrogens is 324 g/mol. The van der Waals surface area contributed by atoms with Gasteiger partial charge in [0.15, 0.2) is 6.61 Å². The molecule has 1 saturated heterocycles. The zero-order valence-corrected chi connectivity index (χ0v) is 14.5. The number of nitrogens with zero attached hydrogens (tertiary/aromatic N) is 1. The van der Waals surface area contributed by atoms with Gasteiger partial charge in [0.2, 0.25) is 0 Å². The minimum atomic E-state index is -0.0271. The minimum absolute atomic E-state index is 0. The van der Waals surface area contributed by atoms with Gasteiger partial charge in [0.25, 0.3) is 5.91 Å². The molecule has 128 valence electrons. The Kier molecular flexibility index (Phi) is 6.23. The van der Waals surface area contributed by atoms with Crippen molar-refractivity contribution in [1.29, 1.82) is 0 Å². The number of benzene rings is 2. The first kappa shape index (κ1) is 18.3. The molecule has 0 aliphatic carbocycles. The first-order chi connectivity index (χ1) is 11.1. The lowest BCUT2D eigenvalue weighted by Crippen LogP contribution is -2.35. The highest BCUT2D eigenvalue weighted by atomic mass is 35.5. The molecule has 4 nitrogen and oxygen atoms in total. The molecule has 2 atom stereocenters. The molecule has 0 bridgehead atoms. The number of carbonyl (C=O) groups excluding carboxylic acids is 1. The van der Waals surface area contributed by atoms with Gasteiger partial charge in [-0.15, -0.1) is 12.4 Å². The van der Waals surface area contributed by atoms with Gasteiger partial charge in [0.1, 0.15) is 5.75 Å². The lowest BCUT2D eigenvalue weighted by molar-refractivity contribution is -0.132. The summed E-state index contributed by atoms with van der Waals surface area (Å²) in [5.41, 5.74) is 8.58. The molecule has 1 heterocycles. The van der Waals surface area contributed by atoms with Crippen LogP contribution in [0.4, 0.5) is 0 Å². The third-order valence-corrected chi connectivity index (χ3v) is 4.33. The van der Waals surface area contributed by atoms with Gasteiger partial charge >= 0.3 is 0 Å². The first-order valence-corrected chi connectivity index (χ1v) is 7.91. The molecule has 3 rings (SSSR count). The molecular formula is C19H23ClN2O2. The lowest BCUT2D eigenvalue weighted by atomic mass is 9.95. The second-order valence-electron chi connectivity index (χ2n) is 6.08. The number of hydrogen-bond donors (Lipinski definition) is 1. The second-order valence-corrected chi connectivity index (χ2v) is 6.08. The van der Waals surface area contributed by atoms with Crippen LogP contribution in [0.15, 0.2) is 54.6 Å². The Morgan fingerprint density at radius 1 is 1.12 bits per heavy atom. The predicted molar refractivity (Wildman–Crippen MR) is 97.7 cm³/mol. The van der Waals surface area contributed by atoms with Crippen molar-refractivity contribution in [2.75, 3.05) is 19.7 Å². The molecule has 2 aromatic carbocycles. The van der Waals surface area contributed by atoms with E-state index in [4.69, 9.17) is 10.5 Å². The number of halogens is 1. The van der Waals surface area contributed by atoms with Crippen LogP contribution in [0.3, 0.4) is 0 Å². The van der Waals surface area contributed by atoms with Crippen molar-refractivity contribution < 1.29 is 9.53 Å². The van der Waals surface area contributed by atoms with E-state index in [2.05, 4.69) is 12.1 Å². The van der Waals surface area contributed by atoms with Crippen molar-refractivity contribution in [3.05, 3.63) is 65.7 Å². The zero-order valence-electron chi connectivity index (χ0n) is 13.7. The molecule has 0 spiro atoms. The monoisotopic (exact) mass is 346 g/mol. The Bertz CT molecular complexity index is 661. The van der Waals surface area contributed by atoms with Crippen LogP contribution in [0.1, 0.15) is 17.0 Å². The zero-order chi connectivity index (χ0) is 16.2. The Morgan fingerprint density at radius 2 is 1.79 bits per heavy atom. The average molecular weight is 347 g/mol. The van der Waals surface area contributed by atoms with Gasteiger partial charge in [-0.25, -0.2) is 0 Å². The summed E-state index contributed by atoms with van der Waals surface area (Å²) in [6.07, 6.45) is 0. The maximum Gasteiger partial charge on any atom is 0.260 e. The van der Waals surface area contributed by atoms with E-state index in [1.165, 1.54) is 11.1 Å². The molecule has 1 aliphatic rings. The smallest absolute Gasteiger partial charge is 0.260 e. The Labute approximate surface area is 149 Å². The largest absolute Gasteiger partial charge is 0.484 e. The first-order valence-electron chi connectivity index (χ1n) is 7.91. The second kappa shape index (κ2) is 8.18. The normalized spacial score (nSPS) is 19.7. The quantitative estimate of drug-likeness (QED) is 0.926. The van der Waals surface area contributed by atoms with Crippen molar-refractivity contribution in [2.24, 2.45) is 5.73 Å². The molecule has 2 N–H and O–H groups in total. The Morgan fingerprint density at radius 3 is 2.46 bits per heavy atom. The third kappa shape index (κ3) is 4.28. The molecule has 24 heavy (non-hydrogen) atoms. The fourth-order valence-electron chi connectivity index (χ4n) is 2.96. The molecule has 5 heteroatoms. The molecule has 2 aromatic rings. The summed E-state index contributed by atoms with van der Waals surface area (Å²) >= 11 is 0. The summed E-state index contributed by atoms with van der Waals surface area (Å²) in [6.45, 7) is 3.30. The van der Waals surface area contributed by atoms with Crippen LogP contribution in [0.5, 0.6) is 5.75 Å². The van der Waals surface area contributed by atoms with Gasteiger partial charge in [-0.3, -0.25) is 4.79 Å². The van der Waals surface area contributed by atoms with Gasteiger partial charge < -0.3 is 15.4 Å². The van der Waals surface area contributed by atoms with E-state index >= 15 is 0 Å². The Balaban J connectivity index is 0.00000208. The van der Waals surface area contributed by atoms with Crippen LogP contribution >= 0.6 is 12.4 Å². The molecule has 0 radical (unpaired) electrons. The average Bonchev–Trinajstić information content (AvgIpc) is 2.97. The number of ether oxygens (including phenoxy) is 1. The van der Waals surface area contributed by atoms with Crippen molar-refractivity contribution in [3.63, 3.8) is 0 Å². The van der Waals surface area contributed by atoms with Gasteiger partial charge in [-0.1, -0.05) is 48.0 Å². The summed E-state index contributed by atoms with van der Waals surface area (Å²) < 4.78 is 5.58. The Hall–Kier alpha value is -2.04. The van der Waals surface area contributed by atoms with Crippen molar-refractivity contribution in [3.8, 4) is 5.75 Å². The molecule has 1 fully saturated rings. The van der Waals surface area contributed by atoms with Crippen molar-refractivity contribution >= 4 is 18.3 Å². The lowest BCUT2D eigenvalue weighted by Gasteiger charge is -2.17. The molecule has 0 saturated carbocycles. The van der Waals surface area contributed by atoms with Gasteiger partial charge in [-0.05, 0) is 24.6 Å². The van der Waals surface area contributed by atoms with Gasteiger partial charge in [0.05, 0.1) is 0 Å². The van der Waals surface area contributed by atoms with E-state index in [1.54, 1.807) is 4.90 Å². The number of rotatable bonds is 4. The standard InChI is InChI=1S/C19H22N2O2.ClH/c1-14-7-9-16(10-8-14)23-13-19(22)21-11-17(18(20)12-21)15-5-3-2-4-6-15;/h2-10,17-18H,11-13,20H2,1H3;1H/t17-,18+;/m0./s1. The number of carbonyl (C=O) groups is 1. The number of aryl methyl sites for hydroxylation is 1. The number of likely N-dealkylation sites (tertiary alicyclic amines) is 1. The fraction of sp³-hybridized carbons (Fsp3) is 0.316. The highest BCUT2D eigenvalue weighted by Gasteiger charge is 2.33. The van der Waals surface area contributed by atoms with E-state index in [0.717, 1.165) is 0 Å². The molecule has 0 aromatic heterocycles. The summed E-state index contributed by atoms with van der Waals surface area (Å²) in [4.78, 5) is 14.2. The summed E-state index contributed by atoms with van der Waals surface area (Å²) in [6, 6.07) is 17.8. The van der Waals surface area contributed by atoms with Crippen molar-refractivity contribution in [2.45, 2.75) is 18.9 Å². The maximum atomic E-state index is 12.4. The third-order valence-electron chi connectivity index (χ3n) is 4.33.